The summed E-state index contributed by atoms with van der Waals surface area (Å²) in [5, 5.41) is 6.44. The van der Waals surface area contributed by atoms with Crippen molar-refractivity contribution in [2.45, 2.75) is 76.9 Å². The molecule has 0 radical (unpaired) electrons. The van der Waals surface area contributed by atoms with Gasteiger partial charge in [0.1, 0.15) is 6.54 Å². The standard InChI is InChI=1S/C28H36N6O2/c1-20-8-9-24-23(18-20)31-26(34(24)19-25(35)30-21-6-4-3-5-7-21)27(36)32-28(2)12-16-33(17-13-28)22-10-14-29-15-11-22/h8-11,14-15,18,21H,3-7,12-13,16-17,19H2,1-2H3,(H,30,35)(H,32,36). The molecule has 190 valence electrons. The third kappa shape index (κ3) is 5.37. The molecule has 3 aromatic rings. The van der Waals surface area contributed by atoms with E-state index in [1.54, 1.807) is 4.57 Å². The minimum absolute atomic E-state index is 0.0623. The second-order valence-electron chi connectivity index (χ2n) is 10.6. The third-order valence-electron chi connectivity index (χ3n) is 7.69. The summed E-state index contributed by atoms with van der Waals surface area (Å²) in [6.07, 6.45) is 10.9. The normalized spacial score (nSPS) is 18.2. The first-order valence-corrected chi connectivity index (χ1v) is 13.1. The smallest absolute Gasteiger partial charge is 0.287 e. The van der Waals surface area contributed by atoms with Crippen LogP contribution in [-0.2, 0) is 11.3 Å². The molecule has 5 rings (SSSR count). The molecule has 2 aromatic heterocycles. The summed E-state index contributed by atoms with van der Waals surface area (Å²) in [6.45, 7) is 5.89. The Hall–Kier alpha value is -3.42. The maximum absolute atomic E-state index is 13.6. The zero-order chi connectivity index (χ0) is 25.1. The van der Waals surface area contributed by atoms with E-state index in [1.165, 1.54) is 6.42 Å². The van der Waals surface area contributed by atoms with Crippen LogP contribution in [0.1, 0.15) is 68.1 Å². The van der Waals surface area contributed by atoms with Crippen molar-refractivity contribution in [3.05, 3.63) is 54.1 Å². The lowest BCUT2D eigenvalue weighted by Crippen LogP contribution is -2.54. The molecular formula is C28H36N6O2. The van der Waals surface area contributed by atoms with Crippen LogP contribution in [-0.4, -0.2) is 51.0 Å². The minimum Gasteiger partial charge on any atom is -0.371 e. The highest BCUT2D eigenvalue weighted by atomic mass is 16.2. The van der Waals surface area contributed by atoms with Crippen LogP contribution in [0.25, 0.3) is 11.0 Å². The summed E-state index contributed by atoms with van der Waals surface area (Å²) in [7, 11) is 0. The van der Waals surface area contributed by atoms with Crippen LogP contribution in [0.15, 0.2) is 42.7 Å². The Kier molecular flexibility index (Phi) is 6.94. The van der Waals surface area contributed by atoms with Crippen molar-refractivity contribution in [1.82, 2.24) is 25.2 Å². The van der Waals surface area contributed by atoms with Crippen LogP contribution < -0.4 is 15.5 Å². The number of aryl methyl sites for hydroxylation is 1. The first-order chi connectivity index (χ1) is 17.4. The topological polar surface area (TPSA) is 92.2 Å². The van der Waals surface area contributed by atoms with Crippen LogP contribution in [0.4, 0.5) is 5.69 Å². The first-order valence-electron chi connectivity index (χ1n) is 13.1. The number of anilines is 1. The average Bonchev–Trinajstić information content (AvgIpc) is 3.22. The van der Waals surface area contributed by atoms with Gasteiger partial charge in [-0.05, 0) is 69.4 Å². The van der Waals surface area contributed by atoms with Crippen LogP contribution in [0.3, 0.4) is 0 Å². The van der Waals surface area contributed by atoms with E-state index < -0.39 is 0 Å². The summed E-state index contributed by atoms with van der Waals surface area (Å²) in [5.74, 6) is 0.00839. The van der Waals surface area contributed by atoms with Gasteiger partial charge < -0.3 is 20.1 Å². The van der Waals surface area contributed by atoms with E-state index in [0.717, 1.165) is 73.9 Å². The predicted molar refractivity (Wildman–Crippen MR) is 141 cm³/mol. The number of imidazole rings is 1. The van der Waals surface area contributed by atoms with Crippen molar-refractivity contribution in [2.75, 3.05) is 18.0 Å². The number of hydrogen-bond acceptors (Lipinski definition) is 5. The Bertz CT molecular complexity index is 1220. The van der Waals surface area contributed by atoms with E-state index >= 15 is 0 Å². The van der Waals surface area contributed by atoms with Gasteiger partial charge in [-0.1, -0.05) is 25.3 Å². The highest BCUT2D eigenvalue weighted by Gasteiger charge is 2.33. The molecule has 8 nitrogen and oxygen atoms in total. The summed E-state index contributed by atoms with van der Waals surface area (Å²) in [4.78, 5) is 37.7. The molecule has 0 unspecified atom stereocenters. The highest BCUT2D eigenvalue weighted by molar-refractivity contribution is 5.96. The highest BCUT2D eigenvalue weighted by Crippen LogP contribution is 2.27. The van der Waals surface area contributed by atoms with Gasteiger partial charge in [0.2, 0.25) is 11.7 Å². The quantitative estimate of drug-likeness (QED) is 0.548. The van der Waals surface area contributed by atoms with Gasteiger partial charge in [0.25, 0.3) is 5.91 Å². The van der Waals surface area contributed by atoms with Crippen LogP contribution in [0.2, 0.25) is 0 Å². The molecule has 1 aliphatic carbocycles. The second-order valence-corrected chi connectivity index (χ2v) is 10.6. The molecule has 1 aliphatic heterocycles. The van der Waals surface area contributed by atoms with Crippen molar-refractivity contribution in [1.29, 1.82) is 0 Å². The molecule has 3 heterocycles. The molecule has 0 bridgehead atoms. The van der Waals surface area contributed by atoms with E-state index in [4.69, 9.17) is 0 Å². The van der Waals surface area contributed by atoms with Crippen molar-refractivity contribution < 1.29 is 9.59 Å². The molecule has 1 aromatic carbocycles. The van der Waals surface area contributed by atoms with Gasteiger partial charge in [-0.2, -0.15) is 0 Å². The number of amides is 2. The minimum atomic E-state index is -0.343. The van der Waals surface area contributed by atoms with Gasteiger partial charge in [-0.25, -0.2) is 4.98 Å². The Labute approximate surface area is 212 Å². The summed E-state index contributed by atoms with van der Waals surface area (Å²) in [6, 6.07) is 10.2. The lowest BCUT2D eigenvalue weighted by atomic mass is 9.89. The summed E-state index contributed by atoms with van der Waals surface area (Å²) in [5.41, 5.74) is 3.43. The Morgan fingerprint density at radius 2 is 1.78 bits per heavy atom. The summed E-state index contributed by atoms with van der Waals surface area (Å²) >= 11 is 0. The van der Waals surface area contributed by atoms with E-state index in [9.17, 15) is 9.59 Å². The van der Waals surface area contributed by atoms with Gasteiger partial charge >= 0.3 is 0 Å². The predicted octanol–water partition coefficient (Wildman–Crippen LogP) is 3.98. The number of carbonyl (C=O) groups is 2. The lowest BCUT2D eigenvalue weighted by molar-refractivity contribution is -0.122. The molecule has 0 spiro atoms. The van der Waals surface area contributed by atoms with Gasteiger partial charge in [0, 0.05) is 42.8 Å². The van der Waals surface area contributed by atoms with Gasteiger partial charge in [0.15, 0.2) is 0 Å². The number of nitrogens with one attached hydrogen (secondary N) is 2. The Balaban J connectivity index is 1.32. The molecule has 1 saturated heterocycles. The van der Waals surface area contributed by atoms with E-state index in [1.807, 2.05) is 49.6 Å². The van der Waals surface area contributed by atoms with Gasteiger partial charge in [-0.3, -0.25) is 14.6 Å². The van der Waals surface area contributed by atoms with Crippen molar-refractivity contribution >= 4 is 28.5 Å². The SMILES string of the molecule is Cc1ccc2c(c1)nc(C(=O)NC1(C)CCN(c3ccncc3)CC1)n2CC(=O)NC1CCCCC1. The molecule has 0 atom stereocenters. The number of rotatable bonds is 6. The molecule has 2 fully saturated rings. The van der Waals surface area contributed by atoms with Gasteiger partial charge in [0.05, 0.1) is 11.0 Å². The molecule has 8 heteroatoms. The maximum Gasteiger partial charge on any atom is 0.287 e. The van der Waals surface area contributed by atoms with E-state index in [-0.39, 0.29) is 29.9 Å². The second kappa shape index (κ2) is 10.3. The fourth-order valence-electron chi connectivity index (χ4n) is 5.51. The molecule has 2 aliphatic rings. The molecule has 2 N–H and O–H groups in total. The molecule has 36 heavy (non-hydrogen) atoms. The largest absolute Gasteiger partial charge is 0.371 e. The average molecular weight is 489 g/mol. The van der Waals surface area contributed by atoms with Gasteiger partial charge in [-0.15, -0.1) is 0 Å². The molecular weight excluding hydrogens is 452 g/mol. The Morgan fingerprint density at radius 3 is 2.50 bits per heavy atom. The van der Waals surface area contributed by atoms with Crippen LogP contribution >= 0.6 is 0 Å². The van der Waals surface area contributed by atoms with Crippen molar-refractivity contribution in [2.24, 2.45) is 0 Å². The van der Waals surface area contributed by atoms with Crippen LogP contribution in [0.5, 0.6) is 0 Å². The fourth-order valence-corrected chi connectivity index (χ4v) is 5.51. The molecule has 2 amide bonds. The molecule has 1 saturated carbocycles. The number of benzene rings is 1. The summed E-state index contributed by atoms with van der Waals surface area (Å²) < 4.78 is 1.78. The Morgan fingerprint density at radius 1 is 1.06 bits per heavy atom. The van der Waals surface area contributed by atoms with E-state index in [0.29, 0.717) is 5.82 Å². The van der Waals surface area contributed by atoms with Crippen molar-refractivity contribution in [3.8, 4) is 0 Å². The first kappa shape index (κ1) is 24.3. The van der Waals surface area contributed by atoms with Crippen LogP contribution in [0, 0.1) is 6.92 Å². The zero-order valence-electron chi connectivity index (χ0n) is 21.3. The number of nitrogens with zero attached hydrogens (tertiary/aromatic N) is 4. The fraction of sp³-hybridized carbons (Fsp3) is 0.500. The maximum atomic E-state index is 13.6. The number of aromatic nitrogens is 3. The zero-order valence-corrected chi connectivity index (χ0v) is 21.3. The van der Waals surface area contributed by atoms with E-state index in [2.05, 4.69) is 32.4 Å². The lowest BCUT2D eigenvalue weighted by Gasteiger charge is -2.40. The number of hydrogen-bond donors (Lipinski definition) is 2. The number of pyridine rings is 1. The monoisotopic (exact) mass is 488 g/mol. The third-order valence-corrected chi connectivity index (χ3v) is 7.69. The van der Waals surface area contributed by atoms with Crippen molar-refractivity contribution in [3.63, 3.8) is 0 Å². The number of piperidine rings is 1. The number of carbonyl (C=O) groups excluding carboxylic acids is 2. The number of fused-ring (bicyclic) bond motifs is 1.